The van der Waals surface area contributed by atoms with Crippen molar-refractivity contribution in [2.24, 2.45) is 40.4 Å². The molecule has 0 bridgehead atoms. The summed E-state index contributed by atoms with van der Waals surface area (Å²) in [6, 6.07) is 0.132. The number of allylic oxidation sites excluding steroid dienone is 1. The quantitative estimate of drug-likeness (QED) is 0.346. The van der Waals surface area contributed by atoms with Crippen LogP contribution in [0, 0.1) is 40.4 Å². The summed E-state index contributed by atoms with van der Waals surface area (Å²) in [5.74, 6) is 4.31. The Morgan fingerprint density at radius 3 is 2.61 bits per heavy atom. The first-order chi connectivity index (χ1) is 17.0. The highest BCUT2D eigenvalue weighted by Gasteiger charge is 2.64. The maximum Gasteiger partial charge on any atom is 0.302 e. The topological polar surface area (TPSA) is 55.8 Å². The number of amides is 1. The van der Waals surface area contributed by atoms with Gasteiger partial charge in [-0.05, 0) is 91.9 Å². The van der Waals surface area contributed by atoms with Gasteiger partial charge in [-0.1, -0.05) is 32.4 Å². The van der Waals surface area contributed by atoms with Crippen molar-refractivity contribution in [1.29, 1.82) is 0 Å². The number of fused-ring (bicyclic) bond motifs is 7. The molecule has 1 amide bonds. The van der Waals surface area contributed by atoms with Crippen LogP contribution >= 0.6 is 0 Å². The van der Waals surface area contributed by atoms with Crippen LogP contribution in [0.5, 0.6) is 0 Å². The minimum atomic E-state index is -0.148. The van der Waals surface area contributed by atoms with Crippen molar-refractivity contribution >= 4 is 11.9 Å². The number of hydrogen-bond donors (Lipinski definition) is 0. The van der Waals surface area contributed by atoms with Crippen LogP contribution in [0.15, 0.2) is 23.0 Å². The molecular formula is C31H45NO4. The number of ether oxygens (including phenoxy) is 2. The number of rotatable bonds is 2. The van der Waals surface area contributed by atoms with E-state index in [9.17, 15) is 9.59 Å². The highest BCUT2D eigenvalue weighted by molar-refractivity contribution is 5.74. The molecule has 0 unspecified atom stereocenters. The van der Waals surface area contributed by atoms with Crippen LogP contribution in [0.1, 0.15) is 92.9 Å². The molecule has 4 aliphatic carbocycles. The fourth-order valence-corrected chi connectivity index (χ4v) is 10.2. The Bertz CT molecular complexity index is 1030. The first kappa shape index (κ1) is 24.6. The van der Waals surface area contributed by atoms with E-state index in [1.54, 1.807) is 12.5 Å². The second-order valence-electron chi connectivity index (χ2n) is 13.7. The van der Waals surface area contributed by atoms with Gasteiger partial charge in [0.25, 0.3) is 0 Å². The van der Waals surface area contributed by atoms with E-state index in [1.807, 2.05) is 0 Å². The zero-order valence-corrected chi connectivity index (χ0v) is 23.1. The summed E-state index contributed by atoms with van der Waals surface area (Å²) >= 11 is 0. The summed E-state index contributed by atoms with van der Waals surface area (Å²) in [6.45, 7) is 13.7. The van der Waals surface area contributed by atoms with Gasteiger partial charge in [-0.15, -0.1) is 0 Å². The van der Waals surface area contributed by atoms with Crippen LogP contribution < -0.4 is 0 Å². The number of nitrogens with zero attached hydrogens (tertiary/aromatic N) is 1. The Hall–Kier alpha value is -1.78. The lowest BCUT2D eigenvalue weighted by molar-refractivity contribution is -0.148. The smallest absolute Gasteiger partial charge is 0.302 e. The van der Waals surface area contributed by atoms with Crippen molar-refractivity contribution in [3.8, 4) is 0 Å². The van der Waals surface area contributed by atoms with Gasteiger partial charge < -0.3 is 14.4 Å². The third-order valence-corrected chi connectivity index (χ3v) is 11.7. The molecule has 6 aliphatic rings. The van der Waals surface area contributed by atoms with Gasteiger partial charge in [0, 0.05) is 32.7 Å². The van der Waals surface area contributed by atoms with Crippen LogP contribution in [0.3, 0.4) is 0 Å². The van der Waals surface area contributed by atoms with Crippen LogP contribution in [0.4, 0.5) is 0 Å². The highest BCUT2D eigenvalue weighted by atomic mass is 16.5. The fourth-order valence-electron chi connectivity index (χ4n) is 10.2. The second-order valence-corrected chi connectivity index (χ2v) is 13.7. The number of hydrogen-bond acceptors (Lipinski definition) is 4. The van der Waals surface area contributed by atoms with Gasteiger partial charge in [0.1, 0.15) is 18.0 Å². The first-order valence-corrected chi connectivity index (χ1v) is 14.5. The van der Waals surface area contributed by atoms with E-state index in [-0.39, 0.29) is 41.0 Å². The predicted octanol–water partition coefficient (Wildman–Crippen LogP) is 6.04. The van der Waals surface area contributed by atoms with Crippen molar-refractivity contribution < 1.29 is 19.1 Å². The minimum Gasteiger partial charge on any atom is -0.492 e. The first-order valence-electron chi connectivity index (χ1n) is 14.5. The molecule has 0 aromatic heterocycles. The molecule has 0 radical (unpaired) electrons. The molecule has 4 fully saturated rings. The molecule has 6 rings (SSSR count). The lowest BCUT2D eigenvalue weighted by Gasteiger charge is -2.58. The van der Waals surface area contributed by atoms with Gasteiger partial charge in [-0.3, -0.25) is 9.59 Å². The van der Waals surface area contributed by atoms with Crippen LogP contribution in [0.2, 0.25) is 0 Å². The van der Waals surface area contributed by atoms with Gasteiger partial charge >= 0.3 is 5.97 Å². The van der Waals surface area contributed by atoms with Gasteiger partial charge in [-0.25, -0.2) is 0 Å². The summed E-state index contributed by atoms with van der Waals surface area (Å²) in [5, 5.41) is 0. The molecule has 3 saturated carbocycles. The summed E-state index contributed by atoms with van der Waals surface area (Å²) < 4.78 is 12.5. The van der Waals surface area contributed by atoms with E-state index in [0.29, 0.717) is 23.7 Å². The molecule has 0 N–H and O–H groups in total. The fraction of sp³-hybridized carbons (Fsp3) is 0.806. The van der Waals surface area contributed by atoms with Gasteiger partial charge in [0.15, 0.2) is 0 Å². The number of carbonyl (C=O) groups is 2. The van der Waals surface area contributed by atoms with E-state index in [0.717, 1.165) is 56.7 Å². The van der Waals surface area contributed by atoms with Crippen molar-refractivity contribution in [3.05, 3.63) is 23.0 Å². The molecule has 0 aromatic carbocycles. The van der Waals surface area contributed by atoms with Crippen molar-refractivity contribution in [3.63, 3.8) is 0 Å². The van der Waals surface area contributed by atoms with Crippen molar-refractivity contribution in [2.75, 3.05) is 6.54 Å². The van der Waals surface area contributed by atoms with E-state index < -0.39 is 0 Å². The summed E-state index contributed by atoms with van der Waals surface area (Å²) in [4.78, 5) is 26.0. The van der Waals surface area contributed by atoms with E-state index in [2.05, 4.69) is 38.7 Å². The summed E-state index contributed by atoms with van der Waals surface area (Å²) in [6.07, 6.45) is 11.8. The Kier molecular flexibility index (Phi) is 5.70. The van der Waals surface area contributed by atoms with Crippen LogP contribution in [-0.4, -0.2) is 41.6 Å². The second kappa shape index (κ2) is 8.36. The van der Waals surface area contributed by atoms with E-state index >= 15 is 0 Å². The van der Waals surface area contributed by atoms with Crippen molar-refractivity contribution in [1.82, 2.24) is 4.90 Å². The SMILES string of the molecule is CC(=O)O[C@H]1CC[C@@]2(C)C(=CC[C@H]3[C@H]2CC[C@]2(C)[C@@H]4C(C)=C([C@@H]5C[C@@H](C)CN5C(C)=O)O[C@H]4C[C@@H]32)C1. The summed E-state index contributed by atoms with van der Waals surface area (Å²) in [5.41, 5.74) is 3.52. The molecule has 2 aliphatic heterocycles. The van der Waals surface area contributed by atoms with E-state index in [4.69, 9.17) is 9.47 Å². The lowest BCUT2D eigenvalue weighted by Crippen LogP contribution is -2.50. The lowest BCUT2D eigenvalue weighted by atomic mass is 9.47. The zero-order chi connectivity index (χ0) is 25.6. The molecule has 0 spiro atoms. The monoisotopic (exact) mass is 495 g/mol. The zero-order valence-electron chi connectivity index (χ0n) is 23.1. The number of esters is 1. The number of likely N-dealkylation sites (tertiary alicyclic amines) is 1. The maximum absolute atomic E-state index is 12.4. The molecule has 2 heterocycles. The average Bonchev–Trinajstić information content (AvgIpc) is 3.44. The van der Waals surface area contributed by atoms with Gasteiger partial charge in [-0.2, -0.15) is 0 Å². The average molecular weight is 496 g/mol. The maximum atomic E-state index is 12.4. The molecule has 1 saturated heterocycles. The Morgan fingerprint density at radius 2 is 1.89 bits per heavy atom. The molecule has 198 valence electrons. The van der Waals surface area contributed by atoms with Crippen LogP contribution in [-0.2, 0) is 19.1 Å². The van der Waals surface area contributed by atoms with Crippen molar-refractivity contribution in [2.45, 2.75) is 111 Å². The molecule has 36 heavy (non-hydrogen) atoms. The Morgan fingerprint density at radius 1 is 1.11 bits per heavy atom. The molecule has 5 heteroatoms. The highest BCUT2D eigenvalue weighted by Crippen LogP contribution is 2.69. The van der Waals surface area contributed by atoms with E-state index in [1.165, 1.54) is 25.3 Å². The predicted molar refractivity (Wildman–Crippen MR) is 139 cm³/mol. The molecule has 5 nitrogen and oxygen atoms in total. The molecular weight excluding hydrogens is 450 g/mol. The third-order valence-electron chi connectivity index (χ3n) is 11.7. The third kappa shape index (κ3) is 3.46. The van der Waals surface area contributed by atoms with Gasteiger partial charge in [0.05, 0.1) is 6.04 Å². The minimum absolute atomic E-state index is 0.0607. The van der Waals surface area contributed by atoms with Crippen LogP contribution in [0.25, 0.3) is 0 Å². The summed E-state index contributed by atoms with van der Waals surface area (Å²) in [7, 11) is 0. The largest absolute Gasteiger partial charge is 0.492 e. The molecule has 0 aromatic rings. The Labute approximate surface area is 217 Å². The standard InChI is InChI=1S/C31H45NO4/c1-17-13-26(32(16-17)19(3)33)29-18(2)28-27(36-29)15-25-23-8-7-21-14-22(35-20(4)34)9-11-30(21,5)24(23)10-12-31(25,28)6/h7,17,22-28H,8-16H2,1-6H3/t17-,22+,23+,24-,25+,26+,27+,28-,30+,31+/m1/s1. The normalized spacial score (nSPS) is 47.4. The van der Waals surface area contributed by atoms with Gasteiger partial charge in [0.2, 0.25) is 5.91 Å². The number of carbonyl (C=O) groups excluding carboxylic acids is 2. The molecule has 10 atom stereocenters. The Balaban J connectivity index is 1.25.